The number of rotatable bonds is 4. The Morgan fingerprint density at radius 1 is 1.23 bits per heavy atom. The van der Waals surface area contributed by atoms with Gasteiger partial charge in [0, 0.05) is 0 Å². The van der Waals surface area contributed by atoms with Gasteiger partial charge in [-0.05, 0) is 5.56 Å². The number of aromatic amines is 1. The van der Waals surface area contributed by atoms with Gasteiger partial charge in [-0.15, -0.1) is 0 Å². The molecule has 3 aromatic rings. The van der Waals surface area contributed by atoms with Crippen molar-refractivity contribution in [3.05, 3.63) is 58.9 Å². The van der Waals surface area contributed by atoms with Crippen molar-refractivity contribution in [3.8, 4) is 0 Å². The molecule has 0 spiro atoms. The third-order valence-corrected chi connectivity index (χ3v) is 4.59. The highest BCUT2D eigenvalue weighted by Crippen LogP contribution is 2.26. The number of hydrogen-bond donors (Lipinski definition) is 4. The van der Waals surface area contributed by atoms with E-state index in [1.807, 2.05) is 30.3 Å². The molecule has 0 bridgehead atoms. The lowest BCUT2D eigenvalue weighted by atomic mass is 10.1. The minimum atomic E-state index is -1.26. The monoisotopic (exact) mass is 359 g/mol. The molecule has 9 heteroatoms. The number of nitrogens with zero attached hydrogens (tertiary/aromatic N) is 3. The average Bonchev–Trinajstić information content (AvgIpc) is 3.15. The van der Waals surface area contributed by atoms with E-state index in [2.05, 4.69) is 9.97 Å². The fourth-order valence-corrected chi connectivity index (χ4v) is 3.29. The van der Waals surface area contributed by atoms with Crippen molar-refractivity contribution in [2.75, 3.05) is 6.61 Å². The van der Waals surface area contributed by atoms with Crippen LogP contribution in [0.2, 0.25) is 0 Å². The van der Waals surface area contributed by atoms with E-state index in [1.54, 1.807) is 10.9 Å². The number of benzene rings is 1. The first-order valence-corrected chi connectivity index (χ1v) is 8.24. The number of fused-ring (bicyclic) bond motifs is 1. The van der Waals surface area contributed by atoms with Crippen molar-refractivity contribution in [1.29, 1.82) is 0 Å². The van der Waals surface area contributed by atoms with E-state index in [0.29, 0.717) is 17.7 Å². The van der Waals surface area contributed by atoms with Crippen LogP contribution in [-0.2, 0) is 11.3 Å². The van der Waals surface area contributed by atoms with Gasteiger partial charge < -0.3 is 20.1 Å². The number of aromatic nitrogens is 4. The maximum atomic E-state index is 12.4. The number of H-pyrrole nitrogens is 1. The first kappa shape index (κ1) is 16.9. The van der Waals surface area contributed by atoms with E-state index in [0.717, 1.165) is 5.56 Å². The Bertz CT molecular complexity index is 970. The molecule has 1 aliphatic heterocycles. The van der Waals surface area contributed by atoms with Crippen LogP contribution in [0.4, 0.5) is 0 Å². The van der Waals surface area contributed by atoms with Gasteiger partial charge in [0.1, 0.15) is 18.3 Å². The molecule has 136 valence electrons. The van der Waals surface area contributed by atoms with Crippen molar-refractivity contribution in [3.63, 3.8) is 0 Å². The quantitative estimate of drug-likeness (QED) is 0.428. The lowest BCUT2D eigenvalue weighted by molar-refractivity contribution is -0.746. The van der Waals surface area contributed by atoms with Gasteiger partial charge in [0.25, 0.3) is 5.56 Å². The minimum absolute atomic E-state index is 0.319. The molecule has 0 unspecified atom stereocenters. The van der Waals surface area contributed by atoms with Crippen LogP contribution in [0.1, 0.15) is 11.8 Å². The van der Waals surface area contributed by atoms with E-state index in [9.17, 15) is 20.1 Å². The summed E-state index contributed by atoms with van der Waals surface area (Å²) < 4.78 is 8.80. The first-order valence-electron chi connectivity index (χ1n) is 8.24. The van der Waals surface area contributed by atoms with Crippen LogP contribution in [0.15, 0.2) is 47.8 Å². The molecular formula is C17H19N4O5+. The summed E-state index contributed by atoms with van der Waals surface area (Å²) in [7, 11) is 0. The Labute approximate surface area is 147 Å². The van der Waals surface area contributed by atoms with E-state index in [-0.39, 0.29) is 5.56 Å². The number of nitrogens with one attached hydrogen (secondary N) is 1. The van der Waals surface area contributed by atoms with Crippen molar-refractivity contribution in [2.45, 2.75) is 31.1 Å². The lowest BCUT2D eigenvalue weighted by Gasteiger charge is -2.12. The lowest BCUT2D eigenvalue weighted by Crippen LogP contribution is -2.46. The molecule has 0 amide bonds. The summed E-state index contributed by atoms with van der Waals surface area (Å²) in [5.74, 6) is 0. The summed E-state index contributed by atoms with van der Waals surface area (Å²) in [6, 6.07) is 9.60. The van der Waals surface area contributed by atoms with E-state index in [4.69, 9.17) is 4.74 Å². The molecule has 4 N–H and O–H groups in total. The van der Waals surface area contributed by atoms with Crippen LogP contribution in [0.5, 0.6) is 0 Å². The molecule has 26 heavy (non-hydrogen) atoms. The Morgan fingerprint density at radius 3 is 2.69 bits per heavy atom. The fourth-order valence-electron chi connectivity index (χ4n) is 3.29. The Morgan fingerprint density at radius 2 is 2.00 bits per heavy atom. The molecule has 3 heterocycles. The number of ether oxygens (including phenoxy) is 1. The molecule has 9 nitrogen and oxygen atoms in total. The fraction of sp³-hybridized carbons (Fsp3) is 0.353. The van der Waals surface area contributed by atoms with Crippen LogP contribution in [-0.4, -0.2) is 54.8 Å². The normalized spacial score (nSPS) is 25.8. The number of aliphatic hydroxyl groups excluding tert-OH is 3. The third kappa shape index (κ3) is 2.71. The van der Waals surface area contributed by atoms with E-state index >= 15 is 0 Å². The molecule has 1 aromatic carbocycles. The molecule has 2 aromatic heterocycles. The number of aliphatic hydroxyl groups is 3. The second kappa shape index (κ2) is 6.61. The molecule has 0 radical (unpaired) electrons. The van der Waals surface area contributed by atoms with Crippen LogP contribution in [0.3, 0.4) is 0 Å². The van der Waals surface area contributed by atoms with Crippen LogP contribution in [0.25, 0.3) is 11.2 Å². The van der Waals surface area contributed by atoms with Gasteiger partial charge in [0.2, 0.25) is 11.7 Å². The van der Waals surface area contributed by atoms with Crippen molar-refractivity contribution in [1.82, 2.24) is 14.5 Å². The Kier molecular flexibility index (Phi) is 4.29. The van der Waals surface area contributed by atoms with Crippen molar-refractivity contribution in [2.24, 2.45) is 0 Å². The first-order chi connectivity index (χ1) is 12.6. The highest BCUT2D eigenvalue weighted by atomic mass is 16.6. The van der Waals surface area contributed by atoms with Gasteiger partial charge in [0.15, 0.2) is 12.7 Å². The molecule has 4 atom stereocenters. The molecule has 0 aliphatic carbocycles. The van der Waals surface area contributed by atoms with Gasteiger partial charge in [-0.1, -0.05) is 35.3 Å². The van der Waals surface area contributed by atoms with Gasteiger partial charge in [-0.2, -0.15) is 0 Å². The zero-order valence-electron chi connectivity index (χ0n) is 13.8. The second-order valence-electron chi connectivity index (χ2n) is 6.27. The standard InChI is InChI=1S/C17H18N4O5/c22-7-11-13(23)14(24)17(26-11)21-9-20(6-10-4-2-1-3-5-10)12-15(21)18-8-19-16(12)25/h1-5,8-9,11,13-14,17,22-24H,6-7H2/p+1/t11-,13-,14-,17-/m1/s1. The second-order valence-corrected chi connectivity index (χ2v) is 6.27. The summed E-state index contributed by atoms with van der Waals surface area (Å²) in [4.78, 5) is 19.1. The van der Waals surface area contributed by atoms with Gasteiger partial charge >= 0.3 is 5.65 Å². The predicted octanol–water partition coefficient (Wildman–Crippen LogP) is -1.33. The highest BCUT2D eigenvalue weighted by molar-refractivity contribution is 5.65. The average molecular weight is 359 g/mol. The summed E-state index contributed by atoms with van der Waals surface area (Å²) in [5, 5.41) is 29.6. The van der Waals surface area contributed by atoms with E-state index < -0.39 is 31.1 Å². The van der Waals surface area contributed by atoms with Crippen LogP contribution in [0, 0.1) is 0 Å². The molecule has 0 saturated carbocycles. The van der Waals surface area contributed by atoms with Crippen molar-refractivity contribution >= 4 is 11.2 Å². The molecule has 1 aliphatic rings. The van der Waals surface area contributed by atoms with Gasteiger partial charge in [-0.25, -0.2) is 4.57 Å². The minimum Gasteiger partial charge on any atom is -0.394 e. The molecule has 1 saturated heterocycles. The van der Waals surface area contributed by atoms with Crippen LogP contribution >= 0.6 is 0 Å². The summed E-state index contributed by atoms with van der Waals surface area (Å²) in [6.07, 6.45) is -1.45. The summed E-state index contributed by atoms with van der Waals surface area (Å²) in [5.41, 5.74) is 1.31. The number of imidazole rings is 1. The predicted molar refractivity (Wildman–Crippen MR) is 89.1 cm³/mol. The number of hydrogen-bond acceptors (Lipinski definition) is 6. The maximum absolute atomic E-state index is 12.4. The largest absolute Gasteiger partial charge is 0.394 e. The third-order valence-electron chi connectivity index (χ3n) is 4.59. The zero-order valence-corrected chi connectivity index (χ0v) is 13.8. The smallest absolute Gasteiger partial charge is 0.311 e. The van der Waals surface area contributed by atoms with E-state index in [1.165, 1.54) is 10.9 Å². The van der Waals surface area contributed by atoms with Crippen molar-refractivity contribution < 1.29 is 24.6 Å². The zero-order chi connectivity index (χ0) is 18.3. The maximum Gasteiger partial charge on any atom is 0.311 e. The van der Waals surface area contributed by atoms with Gasteiger partial charge in [-0.3, -0.25) is 14.3 Å². The molecular weight excluding hydrogens is 340 g/mol. The topological polar surface area (TPSA) is 124 Å². The summed E-state index contributed by atoms with van der Waals surface area (Å²) in [6.45, 7) is -0.000133. The van der Waals surface area contributed by atoms with Gasteiger partial charge in [0.05, 0.1) is 13.2 Å². The molecule has 4 rings (SSSR count). The SMILES string of the molecule is O=c1[nH]cnc2c1n(Cc1ccccc1)c[n+]2[C@@H]1O[C@H](CO)[C@@H](O)[C@H]1O. The summed E-state index contributed by atoms with van der Waals surface area (Å²) >= 11 is 0. The van der Waals surface area contributed by atoms with Crippen LogP contribution < -0.4 is 10.1 Å². The molecule has 1 fully saturated rings. The Hall–Kier alpha value is -2.59. The Balaban J connectivity index is 1.82. The highest BCUT2D eigenvalue weighted by Gasteiger charge is 2.46.